The Bertz CT molecular complexity index is 334. The summed E-state index contributed by atoms with van der Waals surface area (Å²) >= 11 is 2.22. The van der Waals surface area contributed by atoms with E-state index in [1.807, 2.05) is 31.2 Å². The van der Waals surface area contributed by atoms with Gasteiger partial charge in [-0.2, -0.15) is 0 Å². The summed E-state index contributed by atoms with van der Waals surface area (Å²) in [6, 6.07) is 7.84. The number of carboxylic acid groups (broad SMARTS) is 1. The lowest BCUT2D eigenvalue weighted by atomic mass is 10.1. The highest BCUT2D eigenvalue weighted by atomic mass is 127. The molecule has 4 heteroatoms. The van der Waals surface area contributed by atoms with Crippen molar-refractivity contribution in [1.82, 2.24) is 0 Å². The van der Waals surface area contributed by atoms with Crippen LogP contribution in [-0.4, -0.2) is 17.2 Å². The van der Waals surface area contributed by atoms with Gasteiger partial charge in [-0.05, 0) is 54.1 Å². The highest BCUT2D eigenvalue weighted by molar-refractivity contribution is 14.1. The van der Waals surface area contributed by atoms with Gasteiger partial charge in [0.25, 0.3) is 0 Å². The summed E-state index contributed by atoms with van der Waals surface area (Å²) in [6.45, 7) is 3.38. The molecule has 82 valence electrons. The second kappa shape index (κ2) is 5.46. The van der Waals surface area contributed by atoms with Gasteiger partial charge in [0.2, 0.25) is 0 Å². The first-order valence-electron chi connectivity index (χ1n) is 4.64. The van der Waals surface area contributed by atoms with Gasteiger partial charge in [0.15, 0.2) is 6.10 Å². The molecular formula is C11H13IO3. The van der Waals surface area contributed by atoms with E-state index in [1.54, 1.807) is 0 Å². The number of hydrogen-bond donors (Lipinski definition) is 1. The van der Waals surface area contributed by atoms with Crippen LogP contribution in [0.3, 0.4) is 0 Å². The molecule has 0 bridgehead atoms. The van der Waals surface area contributed by atoms with E-state index in [-0.39, 0.29) is 6.10 Å². The zero-order chi connectivity index (χ0) is 11.4. The fourth-order valence-corrected chi connectivity index (χ4v) is 1.54. The normalized spacial score (nSPS) is 14.6. The highest BCUT2D eigenvalue weighted by Crippen LogP contribution is 2.19. The monoisotopic (exact) mass is 320 g/mol. The molecule has 3 nitrogen and oxygen atoms in total. The molecule has 1 aromatic carbocycles. The number of hydrogen-bond acceptors (Lipinski definition) is 2. The number of benzene rings is 1. The number of ether oxygens (including phenoxy) is 1. The molecule has 2 atom stereocenters. The SMILES string of the molecule is CC(OC(C)c1ccc(I)cc1)C(=O)O. The van der Waals surface area contributed by atoms with Crippen LogP contribution in [0.1, 0.15) is 25.5 Å². The molecule has 2 unspecified atom stereocenters. The molecule has 0 aliphatic carbocycles. The molecule has 1 rings (SSSR count). The molecule has 0 aliphatic rings. The van der Waals surface area contributed by atoms with E-state index in [0.717, 1.165) is 9.13 Å². The predicted molar refractivity (Wildman–Crippen MR) is 65.8 cm³/mol. The Balaban J connectivity index is 2.64. The van der Waals surface area contributed by atoms with Crippen LogP contribution in [0.25, 0.3) is 0 Å². The van der Waals surface area contributed by atoms with Crippen molar-refractivity contribution >= 4 is 28.6 Å². The van der Waals surface area contributed by atoms with Crippen molar-refractivity contribution in [2.24, 2.45) is 0 Å². The van der Waals surface area contributed by atoms with Crippen molar-refractivity contribution < 1.29 is 14.6 Å². The standard InChI is InChI=1S/C11H13IO3/c1-7(15-8(2)11(13)14)9-3-5-10(12)6-4-9/h3-8H,1-2H3,(H,13,14). The maximum atomic E-state index is 10.6. The Labute approximate surface area is 103 Å². The molecule has 0 radical (unpaired) electrons. The van der Waals surface area contributed by atoms with E-state index in [9.17, 15) is 4.79 Å². The van der Waals surface area contributed by atoms with Crippen molar-refractivity contribution in [3.8, 4) is 0 Å². The van der Waals surface area contributed by atoms with Crippen molar-refractivity contribution in [2.75, 3.05) is 0 Å². The summed E-state index contributed by atoms with van der Waals surface area (Å²) in [4.78, 5) is 10.6. The maximum Gasteiger partial charge on any atom is 0.332 e. The van der Waals surface area contributed by atoms with Crippen LogP contribution in [0.15, 0.2) is 24.3 Å². The Kier molecular flexibility index (Phi) is 4.53. The van der Waals surface area contributed by atoms with E-state index >= 15 is 0 Å². The molecule has 0 saturated heterocycles. The first-order chi connectivity index (χ1) is 7.00. The minimum absolute atomic E-state index is 0.201. The number of rotatable bonds is 4. The summed E-state index contributed by atoms with van der Waals surface area (Å²) in [7, 11) is 0. The van der Waals surface area contributed by atoms with E-state index < -0.39 is 12.1 Å². The lowest BCUT2D eigenvalue weighted by molar-refractivity contribution is -0.152. The van der Waals surface area contributed by atoms with Gasteiger partial charge < -0.3 is 9.84 Å². The first-order valence-corrected chi connectivity index (χ1v) is 5.72. The quantitative estimate of drug-likeness (QED) is 0.868. The molecular weight excluding hydrogens is 307 g/mol. The third-order valence-electron chi connectivity index (χ3n) is 2.10. The van der Waals surface area contributed by atoms with Gasteiger partial charge in [-0.25, -0.2) is 4.79 Å². The van der Waals surface area contributed by atoms with Gasteiger partial charge in [-0.1, -0.05) is 12.1 Å². The van der Waals surface area contributed by atoms with E-state index in [2.05, 4.69) is 22.6 Å². The minimum atomic E-state index is -0.938. The average Bonchev–Trinajstić information content (AvgIpc) is 2.18. The summed E-state index contributed by atoms with van der Waals surface area (Å²) in [5, 5.41) is 8.70. The summed E-state index contributed by atoms with van der Waals surface area (Å²) < 4.78 is 6.48. The summed E-state index contributed by atoms with van der Waals surface area (Å²) in [5.41, 5.74) is 0.989. The Morgan fingerprint density at radius 2 is 1.87 bits per heavy atom. The third-order valence-corrected chi connectivity index (χ3v) is 2.81. The highest BCUT2D eigenvalue weighted by Gasteiger charge is 2.16. The molecule has 0 fully saturated rings. The maximum absolute atomic E-state index is 10.6. The van der Waals surface area contributed by atoms with Gasteiger partial charge in [0, 0.05) is 3.57 Å². The van der Waals surface area contributed by atoms with Gasteiger partial charge in [0.1, 0.15) is 0 Å². The molecule has 1 aromatic rings. The molecule has 0 spiro atoms. The average molecular weight is 320 g/mol. The molecule has 0 amide bonds. The van der Waals surface area contributed by atoms with Gasteiger partial charge in [0.05, 0.1) is 6.10 Å². The second-order valence-electron chi connectivity index (χ2n) is 3.31. The number of carboxylic acids is 1. The van der Waals surface area contributed by atoms with Crippen LogP contribution in [-0.2, 0) is 9.53 Å². The van der Waals surface area contributed by atoms with Gasteiger partial charge in [-0.3, -0.25) is 0 Å². The van der Waals surface area contributed by atoms with Crippen LogP contribution in [0, 0.1) is 3.57 Å². The van der Waals surface area contributed by atoms with E-state index in [1.165, 1.54) is 6.92 Å². The fourth-order valence-electron chi connectivity index (χ4n) is 1.18. The van der Waals surface area contributed by atoms with Crippen LogP contribution in [0.2, 0.25) is 0 Å². The summed E-state index contributed by atoms with van der Waals surface area (Å²) in [5.74, 6) is -0.938. The molecule has 0 saturated carbocycles. The first kappa shape index (κ1) is 12.4. The molecule has 1 N–H and O–H groups in total. The van der Waals surface area contributed by atoms with E-state index in [0.29, 0.717) is 0 Å². The lowest BCUT2D eigenvalue weighted by Crippen LogP contribution is -2.21. The Morgan fingerprint density at radius 3 is 2.33 bits per heavy atom. The Hall–Kier alpha value is -0.620. The fraction of sp³-hybridized carbons (Fsp3) is 0.364. The van der Waals surface area contributed by atoms with Crippen molar-refractivity contribution in [2.45, 2.75) is 26.1 Å². The van der Waals surface area contributed by atoms with Gasteiger partial charge >= 0.3 is 5.97 Å². The van der Waals surface area contributed by atoms with Crippen LogP contribution in [0.4, 0.5) is 0 Å². The predicted octanol–water partition coefficient (Wildman–Crippen LogP) is 2.84. The molecule has 15 heavy (non-hydrogen) atoms. The topological polar surface area (TPSA) is 46.5 Å². The Morgan fingerprint density at radius 1 is 1.33 bits per heavy atom. The number of carbonyl (C=O) groups is 1. The van der Waals surface area contributed by atoms with Crippen LogP contribution >= 0.6 is 22.6 Å². The lowest BCUT2D eigenvalue weighted by Gasteiger charge is -2.16. The van der Waals surface area contributed by atoms with Crippen molar-refractivity contribution in [3.05, 3.63) is 33.4 Å². The smallest absolute Gasteiger partial charge is 0.332 e. The molecule has 0 aromatic heterocycles. The molecule has 0 aliphatic heterocycles. The zero-order valence-electron chi connectivity index (χ0n) is 8.61. The van der Waals surface area contributed by atoms with Crippen LogP contribution < -0.4 is 0 Å². The number of halogens is 1. The second-order valence-corrected chi connectivity index (χ2v) is 4.56. The van der Waals surface area contributed by atoms with Crippen molar-refractivity contribution in [3.63, 3.8) is 0 Å². The van der Waals surface area contributed by atoms with E-state index in [4.69, 9.17) is 9.84 Å². The van der Waals surface area contributed by atoms with Crippen LogP contribution in [0.5, 0.6) is 0 Å². The van der Waals surface area contributed by atoms with Crippen molar-refractivity contribution in [1.29, 1.82) is 0 Å². The van der Waals surface area contributed by atoms with Gasteiger partial charge in [-0.15, -0.1) is 0 Å². The minimum Gasteiger partial charge on any atom is -0.479 e. The largest absolute Gasteiger partial charge is 0.479 e. The zero-order valence-corrected chi connectivity index (χ0v) is 10.8. The third kappa shape index (κ3) is 3.79. The number of aliphatic carboxylic acids is 1. The summed E-state index contributed by atoms with van der Waals surface area (Å²) in [6.07, 6.45) is -0.979. The molecule has 0 heterocycles.